The Morgan fingerprint density at radius 1 is 1.17 bits per heavy atom. The lowest BCUT2D eigenvalue weighted by Gasteiger charge is -2.24. The summed E-state index contributed by atoms with van der Waals surface area (Å²) in [6, 6.07) is 7.52. The number of benzene rings is 1. The second kappa shape index (κ2) is 4.85. The van der Waals surface area contributed by atoms with Crippen molar-refractivity contribution < 1.29 is 4.79 Å². The Hall–Kier alpha value is -2.80. The summed E-state index contributed by atoms with van der Waals surface area (Å²) in [6.45, 7) is 6.28. The van der Waals surface area contributed by atoms with Gasteiger partial charge in [0.15, 0.2) is 0 Å². The first-order valence-electron chi connectivity index (χ1n) is 7.76. The van der Waals surface area contributed by atoms with Crippen LogP contribution in [0.3, 0.4) is 0 Å². The monoisotopic (exact) mass is 322 g/mol. The molecule has 121 valence electrons. The molecule has 0 fully saturated rings. The number of hydrogen-bond donors (Lipinski definition) is 0. The highest BCUT2D eigenvalue weighted by Crippen LogP contribution is 2.37. The number of anilines is 1. The van der Waals surface area contributed by atoms with Gasteiger partial charge in [-0.1, -0.05) is 38.1 Å². The molecule has 4 rings (SSSR count). The van der Waals surface area contributed by atoms with E-state index in [0.29, 0.717) is 17.2 Å². The molecule has 7 nitrogen and oxygen atoms in total. The molecular formula is C17H18N6O+. The summed E-state index contributed by atoms with van der Waals surface area (Å²) in [5, 5.41) is 8.24. The number of carbonyl (C=O) groups is 1. The smallest absolute Gasteiger partial charge is 0.268 e. The van der Waals surface area contributed by atoms with Gasteiger partial charge in [-0.15, -0.1) is 5.10 Å². The van der Waals surface area contributed by atoms with E-state index in [0.717, 1.165) is 11.4 Å². The quantitative estimate of drug-likeness (QED) is 0.756. The summed E-state index contributed by atoms with van der Waals surface area (Å²) < 4.78 is 1.71. The minimum Gasteiger partial charge on any atom is -0.268 e. The van der Waals surface area contributed by atoms with Crippen molar-refractivity contribution in [3.05, 3.63) is 47.5 Å². The molecule has 0 bridgehead atoms. The van der Waals surface area contributed by atoms with E-state index in [2.05, 4.69) is 36.1 Å². The topological polar surface area (TPSA) is 69.3 Å². The molecular weight excluding hydrogens is 304 g/mol. The second-order valence-corrected chi connectivity index (χ2v) is 6.92. The fourth-order valence-electron chi connectivity index (χ4n) is 3.01. The van der Waals surface area contributed by atoms with Crippen molar-refractivity contribution in [3.63, 3.8) is 0 Å². The van der Waals surface area contributed by atoms with Crippen molar-refractivity contribution in [2.45, 2.75) is 26.2 Å². The highest BCUT2D eigenvalue weighted by Gasteiger charge is 2.47. The van der Waals surface area contributed by atoms with Crippen LogP contribution in [-0.2, 0) is 5.41 Å². The molecule has 0 unspecified atom stereocenters. The molecule has 0 saturated heterocycles. The third-order valence-corrected chi connectivity index (χ3v) is 4.26. The van der Waals surface area contributed by atoms with Gasteiger partial charge in [0.25, 0.3) is 12.2 Å². The Morgan fingerprint density at radius 3 is 2.67 bits per heavy atom. The van der Waals surface area contributed by atoms with E-state index in [1.54, 1.807) is 29.2 Å². The first kappa shape index (κ1) is 14.8. The van der Waals surface area contributed by atoms with Crippen LogP contribution in [0, 0.1) is 0 Å². The molecule has 1 radical (unpaired) electrons. The van der Waals surface area contributed by atoms with Crippen molar-refractivity contribution >= 4 is 23.8 Å². The molecule has 0 spiro atoms. The van der Waals surface area contributed by atoms with Crippen LogP contribution in [0.1, 0.15) is 36.8 Å². The number of para-hydroxylation sites is 1. The fraction of sp³-hybridized carbons (Fsp3) is 0.294. The number of fused-ring (bicyclic) bond motifs is 3. The molecule has 7 heteroatoms. The van der Waals surface area contributed by atoms with Gasteiger partial charge in [-0.05, 0) is 11.0 Å². The first-order valence-corrected chi connectivity index (χ1v) is 7.76. The second-order valence-electron chi connectivity index (χ2n) is 6.92. The Morgan fingerprint density at radius 2 is 1.92 bits per heavy atom. The molecule has 3 heterocycles. The van der Waals surface area contributed by atoms with E-state index in [9.17, 15) is 4.79 Å². The minimum atomic E-state index is -0.144. The third kappa shape index (κ3) is 1.94. The zero-order chi connectivity index (χ0) is 17.1. The molecule has 2 aliphatic heterocycles. The average molecular weight is 322 g/mol. The van der Waals surface area contributed by atoms with Crippen molar-refractivity contribution in [3.8, 4) is 0 Å². The Bertz CT molecular complexity index is 902. The summed E-state index contributed by atoms with van der Waals surface area (Å²) in [6.07, 6.45) is 3.46. The maximum Gasteiger partial charge on any atom is 0.318 e. The number of rotatable bonds is 1. The van der Waals surface area contributed by atoms with Crippen LogP contribution in [0.5, 0.6) is 0 Å². The standard InChI is InChI=1S/C17H18N6O/c1-17(2,3)13-9-19-20-23(13)14-15-21(4)16(24)11-7-5-6-8-12(11)22(15)10-18-14/h5-10H,1-4H3/q+1. The number of carbonyl (C=O) groups excluding carboxylic acids is 1. The van der Waals surface area contributed by atoms with Crippen LogP contribution in [0.2, 0.25) is 0 Å². The predicted molar refractivity (Wildman–Crippen MR) is 90.8 cm³/mol. The van der Waals surface area contributed by atoms with Gasteiger partial charge < -0.3 is 0 Å². The number of aliphatic imine (C=N–C) groups is 1. The zero-order valence-corrected chi connectivity index (χ0v) is 14.1. The Labute approximate surface area is 139 Å². The number of amides is 1. The third-order valence-electron chi connectivity index (χ3n) is 4.26. The predicted octanol–water partition coefficient (Wildman–Crippen LogP) is 2.26. The van der Waals surface area contributed by atoms with Gasteiger partial charge in [-0.2, -0.15) is 9.67 Å². The van der Waals surface area contributed by atoms with Crippen LogP contribution >= 0.6 is 0 Å². The fourth-order valence-corrected chi connectivity index (χ4v) is 3.01. The van der Waals surface area contributed by atoms with Crippen LogP contribution in [0.15, 0.2) is 41.3 Å². The van der Waals surface area contributed by atoms with Crippen LogP contribution in [-0.4, -0.2) is 39.2 Å². The molecule has 0 atom stereocenters. The van der Waals surface area contributed by atoms with E-state index < -0.39 is 0 Å². The van der Waals surface area contributed by atoms with Gasteiger partial charge in [0.2, 0.25) is 11.5 Å². The van der Waals surface area contributed by atoms with Gasteiger partial charge in [-0.25, -0.2) is 0 Å². The molecule has 0 aliphatic carbocycles. The van der Waals surface area contributed by atoms with Crippen molar-refractivity contribution in [1.29, 1.82) is 0 Å². The van der Waals surface area contributed by atoms with Crippen molar-refractivity contribution in [2.24, 2.45) is 4.99 Å². The van der Waals surface area contributed by atoms with Crippen molar-refractivity contribution in [1.82, 2.24) is 24.8 Å². The molecule has 0 N–H and O–H groups in total. The highest BCUT2D eigenvalue weighted by molar-refractivity contribution is 6.06. The number of hydrogen-bond acceptors (Lipinski definition) is 5. The van der Waals surface area contributed by atoms with Crippen LogP contribution in [0.4, 0.5) is 5.69 Å². The summed E-state index contributed by atoms with van der Waals surface area (Å²) in [5.41, 5.74) is 2.27. The Kier molecular flexibility index (Phi) is 2.98. The molecule has 1 aromatic heterocycles. The maximum absolute atomic E-state index is 12.7. The van der Waals surface area contributed by atoms with E-state index >= 15 is 0 Å². The lowest BCUT2D eigenvalue weighted by molar-refractivity contribution is 0.0815. The molecule has 0 saturated carbocycles. The van der Waals surface area contributed by atoms with Crippen molar-refractivity contribution in [2.75, 3.05) is 7.05 Å². The van der Waals surface area contributed by atoms with Gasteiger partial charge in [0.05, 0.1) is 11.9 Å². The summed E-state index contributed by atoms with van der Waals surface area (Å²) >= 11 is 0. The lowest BCUT2D eigenvalue weighted by Crippen LogP contribution is -2.41. The summed E-state index contributed by atoms with van der Waals surface area (Å²) in [4.78, 5) is 20.8. The summed E-state index contributed by atoms with van der Waals surface area (Å²) in [7, 11) is 1.75. The maximum atomic E-state index is 12.7. The normalized spacial score (nSPS) is 17.5. The van der Waals surface area contributed by atoms with Gasteiger partial charge in [-0.3, -0.25) is 9.69 Å². The zero-order valence-electron chi connectivity index (χ0n) is 14.1. The van der Waals surface area contributed by atoms with Crippen LogP contribution in [0.25, 0.3) is 5.82 Å². The van der Waals surface area contributed by atoms with E-state index in [1.807, 2.05) is 29.2 Å². The first-order chi connectivity index (χ1) is 11.4. The molecule has 2 aromatic rings. The van der Waals surface area contributed by atoms with E-state index in [4.69, 9.17) is 0 Å². The van der Waals surface area contributed by atoms with Gasteiger partial charge in [0, 0.05) is 18.5 Å². The summed E-state index contributed by atoms with van der Waals surface area (Å²) in [5.74, 6) is 1.23. The SMILES string of the molecule is CN1C(=O)c2ccccc2[N+]2C=NC(n3nncc3C(C)(C)C)=C12. The average Bonchev–Trinajstić information content (AvgIpc) is 3.18. The molecule has 24 heavy (non-hydrogen) atoms. The van der Waals surface area contributed by atoms with Gasteiger partial charge in [0.1, 0.15) is 5.56 Å². The Balaban J connectivity index is 1.93. The largest absolute Gasteiger partial charge is 0.318 e. The van der Waals surface area contributed by atoms with E-state index in [-0.39, 0.29) is 11.3 Å². The molecule has 1 aromatic carbocycles. The van der Waals surface area contributed by atoms with Crippen LogP contribution < -0.4 is 4.90 Å². The number of aromatic nitrogens is 3. The van der Waals surface area contributed by atoms with Gasteiger partial charge >= 0.3 is 5.82 Å². The molecule has 2 aliphatic rings. The lowest BCUT2D eigenvalue weighted by atomic mass is 9.93. The molecule has 1 amide bonds. The van der Waals surface area contributed by atoms with E-state index in [1.165, 1.54) is 0 Å². The highest BCUT2D eigenvalue weighted by atomic mass is 16.2. The number of nitrogens with zero attached hydrogens (tertiary/aromatic N) is 6. The minimum absolute atomic E-state index is 0.0581.